The summed E-state index contributed by atoms with van der Waals surface area (Å²) in [5.74, 6) is 25.8. The maximum absolute atomic E-state index is 9.89. The number of rotatable bonds is 13. The largest absolute Gasteiger partial charge is 0.504 e. The molecule has 25 heavy (non-hydrogen) atoms. The van der Waals surface area contributed by atoms with Gasteiger partial charge in [0, 0.05) is 26.2 Å². The maximum atomic E-state index is 9.89. The smallest absolute Gasteiger partial charge is 0.394 e. The van der Waals surface area contributed by atoms with E-state index in [4.69, 9.17) is 59.5 Å². The highest BCUT2D eigenvalue weighted by molar-refractivity contribution is 6.83. The second-order valence-corrected chi connectivity index (χ2v) is 17.8. The van der Waals surface area contributed by atoms with Crippen molar-refractivity contribution in [2.45, 2.75) is 32.7 Å². The Bertz CT molecular complexity index is 416. The summed E-state index contributed by atoms with van der Waals surface area (Å²) < 4.78 is 45.4. The molecule has 0 aliphatic rings. The van der Waals surface area contributed by atoms with Crippen molar-refractivity contribution in [2.75, 3.05) is 0 Å². The Kier molecular flexibility index (Phi) is 10.3. The molecule has 0 rings (SSSR count). The Morgan fingerprint density at radius 1 is 0.680 bits per heavy atom. The summed E-state index contributed by atoms with van der Waals surface area (Å²) in [7, 11) is -17.1. The summed E-state index contributed by atoms with van der Waals surface area (Å²) in [5, 5.41) is 0. The van der Waals surface area contributed by atoms with Crippen LogP contribution in [0.4, 0.5) is 0 Å². The van der Waals surface area contributed by atoms with Crippen LogP contribution in [0.25, 0.3) is 0 Å². The van der Waals surface area contributed by atoms with Gasteiger partial charge in [-0.05, 0) is 6.55 Å². The molecular formula is C5H27N5O10Si5. The van der Waals surface area contributed by atoms with E-state index in [0.717, 1.165) is 0 Å². The highest BCUT2D eigenvalue weighted by Gasteiger charge is 2.56. The molecule has 0 bridgehead atoms. The third-order valence-electron chi connectivity index (χ3n) is 2.55. The molecular weight excluding hydrogens is 431 g/mol. The van der Waals surface area contributed by atoms with Crippen LogP contribution in [-0.2, 0) is 39.1 Å². The monoisotopic (exact) mass is 457 g/mol. The molecule has 20 heteroatoms. The minimum Gasteiger partial charge on any atom is -0.394 e. The SMILES string of the molecule is C[SiH](ON)O[Si](C)(ON)O[Si](C)(ON)O[Si](C)(ON)O[Si](C)(O)ON. The lowest BCUT2D eigenvalue weighted by atomic mass is 11.9. The Morgan fingerprint density at radius 3 is 1.44 bits per heavy atom. The molecule has 0 spiro atoms. The topological polar surface area (TPSA) is 233 Å². The Hall–Kier alpha value is 0.484. The third-order valence-corrected chi connectivity index (χ3v) is 16.6. The van der Waals surface area contributed by atoms with Gasteiger partial charge in [0.1, 0.15) is 0 Å². The summed E-state index contributed by atoms with van der Waals surface area (Å²) in [5.41, 5.74) is 0. The normalized spacial score (nSPS) is 23.2. The predicted molar refractivity (Wildman–Crippen MR) is 92.4 cm³/mol. The van der Waals surface area contributed by atoms with E-state index >= 15 is 0 Å². The summed E-state index contributed by atoms with van der Waals surface area (Å²) in [6, 6.07) is 0. The maximum Gasteiger partial charge on any atom is 0.504 e. The molecule has 15 nitrogen and oxygen atoms in total. The van der Waals surface area contributed by atoms with Crippen molar-refractivity contribution < 1.29 is 43.9 Å². The van der Waals surface area contributed by atoms with Crippen LogP contribution in [0.5, 0.6) is 0 Å². The van der Waals surface area contributed by atoms with Gasteiger partial charge in [-0.2, -0.15) is 0 Å². The first-order valence-electron chi connectivity index (χ1n) is 6.70. The fourth-order valence-electron chi connectivity index (χ4n) is 1.58. The third kappa shape index (κ3) is 8.81. The Balaban J connectivity index is 5.35. The second kappa shape index (κ2) is 10.1. The van der Waals surface area contributed by atoms with E-state index < -0.39 is 44.5 Å². The van der Waals surface area contributed by atoms with Crippen LogP contribution >= 0.6 is 0 Å². The molecule has 0 aromatic heterocycles. The lowest BCUT2D eigenvalue weighted by molar-refractivity contribution is 0.0545. The molecule has 0 fully saturated rings. The summed E-state index contributed by atoms with van der Waals surface area (Å²) in [6.07, 6.45) is 0. The summed E-state index contributed by atoms with van der Waals surface area (Å²) in [4.78, 5) is 9.89. The molecule has 5 unspecified atom stereocenters. The van der Waals surface area contributed by atoms with Crippen LogP contribution < -0.4 is 29.5 Å². The van der Waals surface area contributed by atoms with Crippen molar-refractivity contribution in [3.8, 4) is 0 Å². The zero-order chi connectivity index (χ0) is 19.9. The van der Waals surface area contributed by atoms with Crippen molar-refractivity contribution in [2.24, 2.45) is 29.5 Å². The van der Waals surface area contributed by atoms with E-state index in [1.807, 2.05) is 0 Å². The van der Waals surface area contributed by atoms with Crippen LogP contribution in [0.1, 0.15) is 0 Å². The standard InChI is InChI=1S/C5H27N5O10Si5/c1-21(12-6)17-23(3,14-8)19-25(5,16-10)20-24(4,15-9)18-22(2,11)13-7/h11,21H,6-10H2,1-5H3. The van der Waals surface area contributed by atoms with Crippen molar-refractivity contribution >= 4 is 44.5 Å². The molecule has 152 valence electrons. The molecule has 0 amide bonds. The fourth-order valence-corrected chi connectivity index (χ4v) is 15.4. The van der Waals surface area contributed by atoms with E-state index in [1.165, 1.54) is 26.2 Å². The van der Waals surface area contributed by atoms with Crippen LogP contribution in [0.15, 0.2) is 0 Å². The van der Waals surface area contributed by atoms with Gasteiger partial charge >= 0.3 is 44.5 Å². The van der Waals surface area contributed by atoms with Crippen LogP contribution in [0, 0.1) is 0 Å². The fraction of sp³-hybridized carbons (Fsp3) is 1.00. The lowest BCUT2D eigenvalue weighted by Crippen LogP contribution is -2.66. The molecule has 0 saturated heterocycles. The molecule has 0 radical (unpaired) electrons. The van der Waals surface area contributed by atoms with Gasteiger partial charge in [0.2, 0.25) is 0 Å². The van der Waals surface area contributed by atoms with Gasteiger partial charge < -0.3 is 25.8 Å². The predicted octanol–water partition coefficient (Wildman–Crippen LogP) is -3.38. The van der Waals surface area contributed by atoms with Crippen molar-refractivity contribution in [3.63, 3.8) is 0 Å². The van der Waals surface area contributed by atoms with Gasteiger partial charge in [-0.15, -0.1) is 0 Å². The van der Waals surface area contributed by atoms with Crippen LogP contribution in [0.3, 0.4) is 0 Å². The van der Waals surface area contributed by atoms with Gasteiger partial charge in [-0.25, -0.2) is 29.5 Å². The van der Waals surface area contributed by atoms with Gasteiger partial charge in [-0.1, -0.05) is 0 Å². The highest BCUT2D eigenvalue weighted by Crippen LogP contribution is 2.24. The Morgan fingerprint density at radius 2 is 1.08 bits per heavy atom. The average molecular weight is 458 g/mol. The molecule has 0 aromatic carbocycles. The minimum absolute atomic E-state index is 1.22. The molecule has 0 heterocycles. The lowest BCUT2D eigenvalue weighted by Gasteiger charge is -2.38. The number of nitrogens with two attached hydrogens (primary N) is 5. The first kappa shape index (κ1) is 25.5. The van der Waals surface area contributed by atoms with Gasteiger partial charge in [0.25, 0.3) is 0 Å². The first-order chi connectivity index (χ1) is 11.3. The van der Waals surface area contributed by atoms with E-state index in [2.05, 4.69) is 9.05 Å². The zero-order valence-electron chi connectivity index (χ0n) is 14.6. The van der Waals surface area contributed by atoms with Crippen LogP contribution in [-0.4, -0.2) is 49.3 Å². The van der Waals surface area contributed by atoms with Crippen molar-refractivity contribution in [1.82, 2.24) is 0 Å². The van der Waals surface area contributed by atoms with Crippen molar-refractivity contribution in [3.05, 3.63) is 0 Å². The van der Waals surface area contributed by atoms with E-state index in [0.29, 0.717) is 0 Å². The van der Waals surface area contributed by atoms with Gasteiger partial charge in [0.05, 0.1) is 0 Å². The van der Waals surface area contributed by atoms with E-state index in [-0.39, 0.29) is 0 Å². The Labute approximate surface area is 151 Å². The number of hydrogen-bond acceptors (Lipinski definition) is 15. The summed E-state index contributed by atoms with van der Waals surface area (Å²) in [6.45, 7) is 7.00. The van der Waals surface area contributed by atoms with E-state index in [9.17, 15) is 4.80 Å². The van der Waals surface area contributed by atoms with Gasteiger partial charge in [0.15, 0.2) is 0 Å². The highest BCUT2D eigenvalue weighted by atomic mass is 28.5. The first-order valence-corrected chi connectivity index (χ1v) is 17.7. The molecule has 11 N–H and O–H groups in total. The quantitative estimate of drug-likeness (QED) is 0.117. The van der Waals surface area contributed by atoms with E-state index in [1.54, 1.807) is 6.55 Å². The average Bonchev–Trinajstić information content (AvgIpc) is 2.53. The zero-order valence-corrected chi connectivity index (χ0v) is 19.7. The molecule has 0 aliphatic carbocycles. The molecule has 0 aromatic rings. The number of hydrogen-bond donors (Lipinski definition) is 6. The second-order valence-electron chi connectivity index (χ2n) is 5.08. The molecule has 5 atom stereocenters. The summed E-state index contributed by atoms with van der Waals surface area (Å²) >= 11 is 0. The van der Waals surface area contributed by atoms with Crippen LogP contribution in [0.2, 0.25) is 32.7 Å². The molecule has 0 aliphatic heterocycles. The molecule has 0 saturated carbocycles. The van der Waals surface area contributed by atoms with Gasteiger partial charge in [-0.3, -0.25) is 18.1 Å². The van der Waals surface area contributed by atoms with Crippen molar-refractivity contribution in [1.29, 1.82) is 0 Å². The minimum atomic E-state index is -3.77.